The molecular formula is C14H10BrClN2O. The molecule has 2 rings (SSSR count). The van der Waals surface area contributed by atoms with E-state index in [0.717, 1.165) is 0 Å². The Morgan fingerprint density at radius 1 is 1.05 bits per heavy atom. The highest BCUT2D eigenvalue weighted by molar-refractivity contribution is 9.10. The summed E-state index contributed by atoms with van der Waals surface area (Å²) in [6.07, 6.45) is 0. The minimum Gasteiger partial charge on any atom is -0.291 e. The Bertz CT molecular complexity index is 584. The van der Waals surface area contributed by atoms with Gasteiger partial charge in [-0.3, -0.25) is 4.79 Å². The predicted molar refractivity (Wildman–Crippen MR) is 79.5 cm³/mol. The van der Waals surface area contributed by atoms with Crippen LogP contribution in [-0.2, 0) is 0 Å². The number of benzene rings is 2. The van der Waals surface area contributed by atoms with Crippen molar-refractivity contribution < 1.29 is 4.79 Å². The molecule has 0 aromatic heterocycles. The number of ketones is 1. The minimum absolute atomic E-state index is 0.127. The average Bonchev–Trinajstić information content (AvgIpc) is 2.46. The van der Waals surface area contributed by atoms with E-state index in [2.05, 4.69) is 26.2 Å². The molecule has 19 heavy (non-hydrogen) atoms. The van der Waals surface area contributed by atoms with Gasteiger partial charge < -0.3 is 0 Å². The van der Waals surface area contributed by atoms with Crippen LogP contribution in [-0.4, -0.2) is 10.7 Å². The lowest BCUT2D eigenvalue weighted by atomic mass is 10.1. The van der Waals surface area contributed by atoms with Gasteiger partial charge in [0.2, 0.25) is 0 Å². The number of azo groups is 1. The topological polar surface area (TPSA) is 41.8 Å². The van der Waals surface area contributed by atoms with E-state index in [-0.39, 0.29) is 5.78 Å². The Hall–Kier alpha value is -1.52. The van der Waals surface area contributed by atoms with E-state index in [9.17, 15) is 4.79 Å². The lowest BCUT2D eigenvalue weighted by Gasteiger charge is -2.02. The van der Waals surface area contributed by atoms with Crippen LogP contribution in [0.15, 0.2) is 64.8 Å². The van der Waals surface area contributed by atoms with E-state index in [4.69, 9.17) is 11.6 Å². The van der Waals surface area contributed by atoms with Crippen molar-refractivity contribution >= 4 is 39.0 Å². The highest BCUT2D eigenvalue weighted by atomic mass is 79.9. The first kappa shape index (κ1) is 13.9. The van der Waals surface area contributed by atoms with Crippen molar-refractivity contribution in [1.29, 1.82) is 0 Å². The number of carbonyl (C=O) groups is 1. The second-order valence-electron chi connectivity index (χ2n) is 3.76. The molecule has 0 radical (unpaired) electrons. The first-order chi connectivity index (χ1) is 9.16. The van der Waals surface area contributed by atoms with E-state index in [1.165, 1.54) is 0 Å². The standard InChI is InChI=1S/C14H10BrClN2O/c15-14(13(19)10-4-2-1-3-5-10)18-17-12-8-6-11(16)7-9-12/h1-9,14H. The van der Waals surface area contributed by atoms with Crippen LogP contribution in [0.3, 0.4) is 0 Å². The Kier molecular flexibility index (Phi) is 4.82. The number of carbonyl (C=O) groups excluding carboxylic acids is 1. The van der Waals surface area contributed by atoms with Crippen molar-refractivity contribution in [2.75, 3.05) is 0 Å². The Labute approximate surface area is 124 Å². The zero-order valence-electron chi connectivity index (χ0n) is 9.83. The summed E-state index contributed by atoms with van der Waals surface area (Å²) in [5.41, 5.74) is 1.24. The molecule has 96 valence electrons. The molecule has 0 N–H and O–H groups in total. The van der Waals surface area contributed by atoms with Gasteiger partial charge in [0.1, 0.15) is 0 Å². The van der Waals surface area contributed by atoms with Crippen LogP contribution in [0, 0.1) is 0 Å². The van der Waals surface area contributed by atoms with E-state index < -0.39 is 4.95 Å². The maximum absolute atomic E-state index is 12.0. The number of hydrogen-bond acceptors (Lipinski definition) is 3. The molecule has 0 amide bonds. The van der Waals surface area contributed by atoms with Gasteiger partial charge in [0.25, 0.3) is 0 Å². The van der Waals surface area contributed by atoms with E-state index in [1.807, 2.05) is 18.2 Å². The lowest BCUT2D eigenvalue weighted by molar-refractivity contribution is 0.0991. The SMILES string of the molecule is O=C(c1ccccc1)C(Br)N=Nc1ccc(Cl)cc1. The molecule has 3 nitrogen and oxygen atoms in total. The van der Waals surface area contributed by atoms with Crippen molar-refractivity contribution in [3.63, 3.8) is 0 Å². The van der Waals surface area contributed by atoms with Crippen LogP contribution in [0.4, 0.5) is 5.69 Å². The monoisotopic (exact) mass is 336 g/mol. The van der Waals surface area contributed by atoms with Crippen LogP contribution in [0.2, 0.25) is 5.02 Å². The fourth-order valence-electron chi connectivity index (χ4n) is 1.42. The second-order valence-corrected chi connectivity index (χ2v) is 5.06. The van der Waals surface area contributed by atoms with Gasteiger partial charge in [0.05, 0.1) is 5.69 Å². The van der Waals surface area contributed by atoms with E-state index in [0.29, 0.717) is 16.3 Å². The molecule has 0 saturated heterocycles. The van der Waals surface area contributed by atoms with Crippen molar-refractivity contribution in [2.24, 2.45) is 10.2 Å². The normalized spacial score (nSPS) is 12.5. The molecule has 0 spiro atoms. The Morgan fingerprint density at radius 2 is 1.68 bits per heavy atom. The maximum atomic E-state index is 12.0. The number of alkyl halides is 1. The molecule has 2 aromatic carbocycles. The summed E-state index contributed by atoms with van der Waals surface area (Å²) in [6.45, 7) is 0. The van der Waals surface area contributed by atoms with Crippen LogP contribution in [0.25, 0.3) is 0 Å². The van der Waals surface area contributed by atoms with Crippen LogP contribution in [0.5, 0.6) is 0 Å². The number of Topliss-reactive ketones (excluding diaryl/α,β-unsaturated/α-hetero) is 1. The fraction of sp³-hybridized carbons (Fsp3) is 0.0714. The first-order valence-corrected chi connectivity index (χ1v) is 6.86. The molecule has 0 bridgehead atoms. The summed E-state index contributed by atoms with van der Waals surface area (Å²) in [5, 5.41) is 8.58. The summed E-state index contributed by atoms with van der Waals surface area (Å²) in [7, 11) is 0. The minimum atomic E-state index is -0.689. The van der Waals surface area contributed by atoms with Gasteiger partial charge >= 0.3 is 0 Å². The molecule has 0 fully saturated rings. The highest BCUT2D eigenvalue weighted by Gasteiger charge is 2.15. The van der Waals surface area contributed by atoms with Crippen LogP contribution in [0.1, 0.15) is 10.4 Å². The van der Waals surface area contributed by atoms with Gasteiger partial charge in [-0.15, -0.1) is 0 Å². The van der Waals surface area contributed by atoms with Gasteiger partial charge in [-0.2, -0.15) is 10.2 Å². The number of rotatable bonds is 4. The molecule has 0 aliphatic rings. The van der Waals surface area contributed by atoms with Crippen molar-refractivity contribution in [1.82, 2.24) is 0 Å². The summed E-state index contributed by atoms with van der Waals surface area (Å²) >= 11 is 8.99. The quantitative estimate of drug-likeness (QED) is 0.334. The number of halogens is 2. The number of hydrogen-bond donors (Lipinski definition) is 0. The zero-order valence-corrected chi connectivity index (χ0v) is 12.2. The maximum Gasteiger partial charge on any atom is 0.200 e. The third kappa shape index (κ3) is 3.98. The predicted octanol–water partition coefficient (Wildman–Crippen LogP) is 5.03. The molecule has 0 heterocycles. The smallest absolute Gasteiger partial charge is 0.200 e. The molecule has 5 heteroatoms. The summed E-state index contributed by atoms with van der Waals surface area (Å²) < 4.78 is 0. The molecule has 1 unspecified atom stereocenters. The van der Waals surface area contributed by atoms with Gasteiger partial charge in [-0.05, 0) is 24.3 Å². The van der Waals surface area contributed by atoms with Crippen molar-refractivity contribution in [3.05, 3.63) is 65.2 Å². The number of nitrogens with zero attached hydrogens (tertiary/aromatic N) is 2. The van der Waals surface area contributed by atoms with Gasteiger partial charge in [-0.1, -0.05) is 57.9 Å². The molecular weight excluding hydrogens is 328 g/mol. The third-order valence-corrected chi connectivity index (χ3v) is 3.23. The van der Waals surface area contributed by atoms with E-state index in [1.54, 1.807) is 36.4 Å². The molecule has 0 aliphatic heterocycles. The van der Waals surface area contributed by atoms with Crippen LogP contribution >= 0.6 is 27.5 Å². The van der Waals surface area contributed by atoms with Crippen molar-refractivity contribution in [2.45, 2.75) is 4.95 Å². The molecule has 0 aliphatic carbocycles. The third-order valence-electron chi connectivity index (χ3n) is 2.38. The highest BCUT2D eigenvalue weighted by Crippen LogP contribution is 2.19. The molecule has 2 aromatic rings. The second kappa shape index (κ2) is 6.59. The summed E-state index contributed by atoms with van der Waals surface area (Å²) in [4.78, 5) is 11.3. The summed E-state index contributed by atoms with van der Waals surface area (Å²) in [5.74, 6) is -0.127. The molecule has 0 saturated carbocycles. The van der Waals surface area contributed by atoms with Crippen LogP contribution < -0.4 is 0 Å². The Morgan fingerprint density at radius 3 is 2.32 bits per heavy atom. The van der Waals surface area contributed by atoms with Gasteiger partial charge in [0.15, 0.2) is 10.7 Å². The Balaban J connectivity index is 2.06. The van der Waals surface area contributed by atoms with Gasteiger partial charge in [0, 0.05) is 10.6 Å². The average molecular weight is 338 g/mol. The zero-order chi connectivity index (χ0) is 13.7. The largest absolute Gasteiger partial charge is 0.291 e. The molecule has 1 atom stereocenters. The van der Waals surface area contributed by atoms with E-state index >= 15 is 0 Å². The van der Waals surface area contributed by atoms with Crippen molar-refractivity contribution in [3.8, 4) is 0 Å². The lowest BCUT2D eigenvalue weighted by Crippen LogP contribution is -2.10. The fourth-order valence-corrected chi connectivity index (χ4v) is 1.90. The van der Waals surface area contributed by atoms with Gasteiger partial charge in [-0.25, -0.2) is 0 Å². The first-order valence-electron chi connectivity index (χ1n) is 5.56. The summed E-state index contributed by atoms with van der Waals surface area (Å²) in [6, 6.07) is 15.9.